The summed E-state index contributed by atoms with van der Waals surface area (Å²) in [5.41, 5.74) is 0. The van der Waals surface area contributed by atoms with E-state index >= 15 is 0 Å². The summed E-state index contributed by atoms with van der Waals surface area (Å²) in [7, 11) is 0. The normalized spacial score (nSPS) is 25.5. The molecule has 2 heterocycles. The molecule has 3 rings (SSSR count). The van der Waals surface area contributed by atoms with Crippen molar-refractivity contribution in [3.8, 4) is 11.5 Å². The number of urea groups is 1. The zero-order valence-electron chi connectivity index (χ0n) is 13.1. The monoisotopic (exact) mass is 346 g/mol. The summed E-state index contributed by atoms with van der Waals surface area (Å²) in [4.78, 5) is 13.6. The molecule has 1 saturated heterocycles. The largest absolute Gasteiger partial charge is 0.492 e. The summed E-state index contributed by atoms with van der Waals surface area (Å²) >= 11 is 0. The van der Waals surface area contributed by atoms with E-state index in [0.717, 1.165) is 0 Å². The smallest absolute Gasteiger partial charge is 0.424 e. The van der Waals surface area contributed by atoms with Crippen molar-refractivity contribution in [3.05, 3.63) is 24.3 Å². The highest BCUT2D eigenvalue weighted by molar-refractivity contribution is 5.75. The summed E-state index contributed by atoms with van der Waals surface area (Å²) in [6.07, 6.45) is -5.52. The molecule has 0 radical (unpaired) electrons. The lowest BCUT2D eigenvalue weighted by atomic mass is 10.2. The van der Waals surface area contributed by atoms with E-state index in [4.69, 9.17) is 14.2 Å². The molecule has 1 aromatic rings. The summed E-state index contributed by atoms with van der Waals surface area (Å²) in [5.74, 6) is -3.41. The SMILES string of the molecule is CC1CN(C(=O)NC2(C(F)(F)F)Oc3ccccc3O2)CC(C)O1. The van der Waals surface area contributed by atoms with Gasteiger partial charge < -0.3 is 19.1 Å². The Kier molecular flexibility index (Phi) is 3.98. The van der Waals surface area contributed by atoms with E-state index in [1.54, 1.807) is 13.8 Å². The average molecular weight is 346 g/mol. The van der Waals surface area contributed by atoms with E-state index in [2.05, 4.69) is 0 Å². The first-order chi connectivity index (χ1) is 11.2. The minimum Gasteiger partial charge on any atom is -0.424 e. The molecule has 2 amide bonds. The van der Waals surface area contributed by atoms with Crippen molar-refractivity contribution >= 4 is 6.03 Å². The van der Waals surface area contributed by atoms with Crippen molar-refractivity contribution in [1.82, 2.24) is 10.2 Å². The molecule has 0 bridgehead atoms. The number of rotatable bonds is 1. The molecule has 2 atom stereocenters. The van der Waals surface area contributed by atoms with Crippen LogP contribution in [0.5, 0.6) is 11.5 Å². The number of halogens is 3. The van der Waals surface area contributed by atoms with Crippen LogP contribution in [0.25, 0.3) is 0 Å². The van der Waals surface area contributed by atoms with Gasteiger partial charge in [-0.3, -0.25) is 5.32 Å². The van der Waals surface area contributed by atoms with Crippen LogP contribution in [0.15, 0.2) is 24.3 Å². The van der Waals surface area contributed by atoms with E-state index in [1.807, 2.05) is 5.32 Å². The number of morpholine rings is 1. The number of nitrogens with zero attached hydrogens (tertiary/aromatic N) is 1. The lowest BCUT2D eigenvalue weighted by molar-refractivity contribution is -0.318. The van der Waals surface area contributed by atoms with Gasteiger partial charge >= 0.3 is 18.1 Å². The number of para-hydroxylation sites is 2. The number of carbonyl (C=O) groups is 1. The maximum atomic E-state index is 13.6. The number of carbonyl (C=O) groups excluding carboxylic acids is 1. The second kappa shape index (κ2) is 5.73. The summed E-state index contributed by atoms with van der Waals surface area (Å²) in [6, 6.07) is 4.79. The average Bonchev–Trinajstić information content (AvgIpc) is 2.85. The van der Waals surface area contributed by atoms with Gasteiger partial charge in [0.15, 0.2) is 11.5 Å². The molecule has 0 saturated carbocycles. The molecule has 9 heteroatoms. The van der Waals surface area contributed by atoms with Crippen LogP contribution >= 0.6 is 0 Å². The van der Waals surface area contributed by atoms with Crippen molar-refractivity contribution in [2.45, 2.75) is 38.1 Å². The number of nitrogens with one attached hydrogen (secondary N) is 1. The van der Waals surface area contributed by atoms with E-state index in [-0.39, 0.29) is 36.8 Å². The van der Waals surface area contributed by atoms with E-state index in [0.29, 0.717) is 0 Å². The van der Waals surface area contributed by atoms with Crippen LogP contribution in [-0.4, -0.2) is 48.3 Å². The van der Waals surface area contributed by atoms with Gasteiger partial charge in [-0.1, -0.05) is 12.1 Å². The summed E-state index contributed by atoms with van der Waals surface area (Å²) in [5, 5.41) is 1.85. The van der Waals surface area contributed by atoms with Crippen LogP contribution in [0.3, 0.4) is 0 Å². The fourth-order valence-corrected chi connectivity index (χ4v) is 2.75. The standard InChI is InChI=1S/C15H17F3N2O4/c1-9-7-20(8-10(2)22-9)13(21)19-15(14(16,17)18)23-11-5-3-4-6-12(11)24-15/h3-6,9-10H,7-8H2,1-2H3,(H,19,21). The van der Waals surface area contributed by atoms with Gasteiger partial charge in [0.05, 0.1) is 12.2 Å². The predicted octanol–water partition coefficient (Wildman–Crippen LogP) is 2.49. The first kappa shape index (κ1) is 16.7. The zero-order valence-corrected chi connectivity index (χ0v) is 13.1. The number of benzene rings is 1. The minimum atomic E-state index is -4.97. The van der Waals surface area contributed by atoms with Crippen molar-refractivity contribution in [1.29, 1.82) is 0 Å². The van der Waals surface area contributed by atoms with Gasteiger partial charge in [0.2, 0.25) is 0 Å². The Morgan fingerprint density at radius 1 is 1.17 bits per heavy atom. The van der Waals surface area contributed by atoms with Crippen LogP contribution in [0.4, 0.5) is 18.0 Å². The molecule has 0 aromatic heterocycles. The van der Waals surface area contributed by atoms with Crippen molar-refractivity contribution in [3.63, 3.8) is 0 Å². The second-order valence-corrected chi connectivity index (χ2v) is 5.86. The Balaban J connectivity index is 1.81. The van der Waals surface area contributed by atoms with Crippen molar-refractivity contribution < 1.29 is 32.2 Å². The molecule has 2 aliphatic rings. The summed E-state index contributed by atoms with van der Waals surface area (Å²) in [6.45, 7) is 3.84. The molecule has 24 heavy (non-hydrogen) atoms. The molecule has 2 unspecified atom stereocenters. The fraction of sp³-hybridized carbons (Fsp3) is 0.533. The number of amides is 2. The van der Waals surface area contributed by atoms with Crippen LogP contribution in [-0.2, 0) is 4.74 Å². The molecule has 132 valence electrons. The predicted molar refractivity (Wildman–Crippen MR) is 76.6 cm³/mol. The molecule has 0 spiro atoms. The van der Waals surface area contributed by atoms with Gasteiger partial charge in [0.25, 0.3) is 0 Å². The Bertz CT molecular complexity index is 602. The lowest BCUT2D eigenvalue weighted by Crippen LogP contribution is -2.67. The van der Waals surface area contributed by atoms with Crippen LogP contribution < -0.4 is 14.8 Å². The first-order valence-electron chi connectivity index (χ1n) is 7.46. The number of fused-ring (bicyclic) bond motifs is 1. The first-order valence-corrected chi connectivity index (χ1v) is 7.46. The van der Waals surface area contributed by atoms with Gasteiger partial charge in [-0.15, -0.1) is 0 Å². The van der Waals surface area contributed by atoms with Gasteiger partial charge in [0.1, 0.15) is 0 Å². The maximum absolute atomic E-state index is 13.6. The second-order valence-electron chi connectivity index (χ2n) is 5.86. The highest BCUT2D eigenvalue weighted by Gasteiger charge is 2.66. The number of ether oxygens (including phenoxy) is 3. The number of hydrogen-bond donors (Lipinski definition) is 1. The molecular weight excluding hydrogens is 329 g/mol. The highest BCUT2D eigenvalue weighted by atomic mass is 19.4. The molecule has 1 fully saturated rings. The van der Waals surface area contributed by atoms with Crippen molar-refractivity contribution in [2.24, 2.45) is 0 Å². The van der Waals surface area contributed by atoms with Gasteiger partial charge in [0, 0.05) is 13.1 Å². The Labute approximate surface area is 136 Å². The van der Waals surface area contributed by atoms with E-state index < -0.39 is 18.1 Å². The van der Waals surface area contributed by atoms with Crippen molar-refractivity contribution in [2.75, 3.05) is 13.1 Å². The Hall–Kier alpha value is -2.16. The van der Waals surface area contributed by atoms with E-state index in [1.165, 1.54) is 29.2 Å². The Morgan fingerprint density at radius 3 is 2.12 bits per heavy atom. The van der Waals surface area contributed by atoms with Gasteiger partial charge in [-0.25, -0.2) is 4.79 Å². The van der Waals surface area contributed by atoms with E-state index in [9.17, 15) is 18.0 Å². The molecule has 0 aliphatic carbocycles. The quantitative estimate of drug-likeness (QED) is 0.849. The molecule has 1 N–H and O–H groups in total. The van der Waals surface area contributed by atoms with Gasteiger partial charge in [-0.05, 0) is 26.0 Å². The lowest BCUT2D eigenvalue weighted by Gasteiger charge is -2.37. The fourth-order valence-electron chi connectivity index (χ4n) is 2.75. The third-order valence-corrected chi connectivity index (χ3v) is 3.71. The third-order valence-electron chi connectivity index (χ3n) is 3.71. The molecule has 2 aliphatic heterocycles. The topological polar surface area (TPSA) is 60.0 Å². The van der Waals surface area contributed by atoms with Crippen LogP contribution in [0, 0.1) is 0 Å². The zero-order chi connectivity index (χ0) is 17.5. The maximum Gasteiger partial charge on any atom is 0.492 e. The van der Waals surface area contributed by atoms with Crippen LogP contribution in [0.2, 0.25) is 0 Å². The highest BCUT2D eigenvalue weighted by Crippen LogP contribution is 2.44. The molecule has 1 aromatic carbocycles. The number of hydrogen-bond acceptors (Lipinski definition) is 4. The number of alkyl halides is 3. The third kappa shape index (κ3) is 2.95. The minimum absolute atomic E-state index is 0.0844. The Morgan fingerprint density at radius 2 is 1.67 bits per heavy atom. The molecular formula is C15H17F3N2O4. The van der Waals surface area contributed by atoms with Gasteiger partial charge in [-0.2, -0.15) is 13.2 Å². The van der Waals surface area contributed by atoms with Crippen LogP contribution in [0.1, 0.15) is 13.8 Å². The molecule has 6 nitrogen and oxygen atoms in total. The summed E-state index contributed by atoms with van der Waals surface area (Å²) < 4.78 is 56.0.